The van der Waals surface area contributed by atoms with Gasteiger partial charge in [0.05, 0.1) is 10.4 Å². The molecule has 0 saturated heterocycles. The van der Waals surface area contributed by atoms with E-state index in [0.29, 0.717) is 29.1 Å². The Kier molecular flexibility index (Phi) is 5.85. The smallest absolute Gasteiger partial charge is 0.268 e. The lowest BCUT2D eigenvalue weighted by Crippen LogP contribution is -2.25. The molecule has 4 rings (SSSR count). The number of fused-ring (bicyclic) bond motifs is 1. The van der Waals surface area contributed by atoms with E-state index in [4.69, 9.17) is 11.6 Å². The van der Waals surface area contributed by atoms with Crippen molar-refractivity contribution >= 4 is 38.4 Å². The van der Waals surface area contributed by atoms with Gasteiger partial charge in [-0.15, -0.1) is 0 Å². The van der Waals surface area contributed by atoms with Crippen molar-refractivity contribution in [2.45, 2.75) is 18.2 Å². The number of rotatable bonds is 6. The van der Waals surface area contributed by atoms with Crippen molar-refractivity contribution in [2.24, 2.45) is 0 Å². The van der Waals surface area contributed by atoms with E-state index in [1.165, 1.54) is 3.97 Å². The summed E-state index contributed by atoms with van der Waals surface area (Å²) < 4.78 is 27.5. The van der Waals surface area contributed by atoms with Gasteiger partial charge >= 0.3 is 0 Å². The average molecular weight is 453 g/mol. The third-order valence-corrected chi connectivity index (χ3v) is 7.02. The van der Waals surface area contributed by atoms with E-state index >= 15 is 0 Å². The minimum Gasteiger partial charge on any atom is -0.352 e. The summed E-state index contributed by atoms with van der Waals surface area (Å²) in [7, 11) is -3.70. The van der Waals surface area contributed by atoms with Crippen molar-refractivity contribution in [3.8, 4) is 0 Å². The summed E-state index contributed by atoms with van der Waals surface area (Å²) in [6, 6.07) is 21.0. The zero-order valence-corrected chi connectivity index (χ0v) is 18.5. The summed E-state index contributed by atoms with van der Waals surface area (Å²) in [5.41, 5.74) is 3.04. The first-order valence-corrected chi connectivity index (χ1v) is 11.6. The number of aromatic nitrogens is 1. The lowest BCUT2D eigenvalue weighted by atomic mass is 10.1. The van der Waals surface area contributed by atoms with E-state index in [1.807, 2.05) is 25.1 Å². The lowest BCUT2D eigenvalue weighted by Gasteiger charge is -2.10. The molecular weight excluding hydrogens is 432 g/mol. The maximum Gasteiger partial charge on any atom is 0.268 e. The van der Waals surface area contributed by atoms with E-state index < -0.39 is 10.0 Å². The Hall–Kier alpha value is -3.09. The Morgan fingerprint density at radius 2 is 1.77 bits per heavy atom. The normalized spacial score (nSPS) is 11.5. The third-order valence-electron chi connectivity index (χ3n) is 5.09. The van der Waals surface area contributed by atoms with Crippen LogP contribution in [0.15, 0.2) is 83.9 Å². The number of aryl methyl sites for hydroxylation is 1. The van der Waals surface area contributed by atoms with Crippen LogP contribution in [0.3, 0.4) is 0 Å². The van der Waals surface area contributed by atoms with Gasteiger partial charge in [-0.2, -0.15) is 0 Å². The first-order chi connectivity index (χ1) is 14.8. The number of nitrogens with one attached hydrogen (secondary N) is 1. The second-order valence-electron chi connectivity index (χ2n) is 7.34. The molecule has 7 heteroatoms. The highest BCUT2D eigenvalue weighted by Crippen LogP contribution is 2.24. The Morgan fingerprint density at radius 3 is 2.52 bits per heavy atom. The number of amides is 1. The quantitative estimate of drug-likeness (QED) is 0.456. The maximum absolute atomic E-state index is 13.1. The van der Waals surface area contributed by atoms with Crippen molar-refractivity contribution in [1.29, 1.82) is 0 Å². The van der Waals surface area contributed by atoms with E-state index in [9.17, 15) is 13.2 Å². The predicted molar refractivity (Wildman–Crippen MR) is 123 cm³/mol. The van der Waals surface area contributed by atoms with Crippen LogP contribution in [0.4, 0.5) is 0 Å². The molecule has 0 atom stereocenters. The van der Waals surface area contributed by atoms with Gasteiger partial charge < -0.3 is 5.32 Å². The summed E-state index contributed by atoms with van der Waals surface area (Å²) in [4.78, 5) is 12.5. The van der Waals surface area contributed by atoms with Crippen molar-refractivity contribution in [3.05, 3.63) is 101 Å². The van der Waals surface area contributed by atoms with Crippen molar-refractivity contribution in [2.75, 3.05) is 6.54 Å². The molecule has 0 bridgehead atoms. The molecule has 0 radical (unpaired) electrons. The molecule has 4 aromatic rings. The highest BCUT2D eigenvalue weighted by Gasteiger charge is 2.19. The van der Waals surface area contributed by atoms with Gasteiger partial charge in [0.25, 0.3) is 15.9 Å². The number of benzene rings is 3. The van der Waals surface area contributed by atoms with Crippen LogP contribution in [0.5, 0.6) is 0 Å². The molecule has 0 aliphatic carbocycles. The minimum absolute atomic E-state index is 0.200. The molecular formula is C24H21ClN2O3S. The molecule has 5 nitrogen and oxygen atoms in total. The Bertz CT molecular complexity index is 1360. The Balaban J connectivity index is 1.53. The molecule has 0 aliphatic rings. The monoisotopic (exact) mass is 452 g/mol. The molecule has 0 aliphatic heterocycles. The number of carbonyl (C=O) groups excluding carboxylic acids is 1. The topological polar surface area (TPSA) is 68.2 Å². The highest BCUT2D eigenvalue weighted by atomic mass is 35.5. The van der Waals surface area contributed by atoms with Gasteiger partial charge in [-0.1, -0.05) is 47.5 Å². The Morgan fingerprint density at radius 1 is 1.00 bits per heavy atom. The molecule has 1 amide bonds. The largest absolute Gasteiger partial charge is 0.352 e. The van der Waals surface area contributed by atoms with E-state index in [1.54, 1.807) is 60.8 Å². The number of nitrogens with zero attached hydrogens (tertiary/aromatic N) is 1. The minimum atomic E-state index is -3.70. The van der Waals surface area contributed by atoms with Crippen LogP contribution < -0.4 is 5.32 Å². The molecule has 0 saturated carbocycles. The fourth-order valence-corrected chi connectivity index (χ4v) is 4.93. The Labute approximate surface area is 186 Å². The fourth-order valence-electron chi connectivity index (χ4n) is 3.39. The third kappa shape index (κ3) is 4.50. The SMILES string of the molecule is Cc1ccc(S(=O)(=O)n2ccc3ccc(CCNC(=O)c4cccc(Cl)c4)cc32)cc1. The van der Waals surface area contributed by atoms with Crippen LogP contribution in [-0.2, 0) is 16.4 Å². The van der Waals surface area contributed by atoms with Gasteiger partial charge in [0.1, 0.15) is 0 Å². The van der Waals surface area contributed by atoms with E-state index in [-0.39, 0.29) is 10.8 Å². The standard InChI is InChI=1S/C24H21ClN2O3S/c1-17-5-9-22(10-6-17)31(29,30)27-14-12-19-8-7-18(15-23(19)27)11-13-26-24(28)20-3-2-4-21(25)16-20/h2-10,12,14-16H,11,13H2,1H3,(H,26,28). The number of hydrogen-bond donors (Lipinski definition) is 1. The van der Waals surface area contributed by atoms with Crippen LogP contribution in [0.25, 0.3) is 10.9 Å². The molecule has 1 N–H and O–H groups in total. The van der Waals surface area contributed by atoms with Crippen molar-refractivity contribution in [3.63, 3.8) is 0 Å². The first kappa shape index (κ1) is 21.2. The number of carbonyl (C=O) groups is 1. The maximum atomic E-state index is 13.1. The zero-order valence-electron chi connectivity index (χ0n) is 16.9. The number of halogens is 1. The molecule has 31 heavy (non-hydrogen) atoms. The van der Waals surface area contributed by atoms with Gasteiger partial charge in [-0.05, 0) is 61.4 Å². The molecule has 3 aromatic carbocycles. The van der Waals surface area contributed by atoms with Crippen LogP contribution in [0.2, 0.25) is 5.02 Å². The van der Waals surface area contributed by atoms with Gasteiger partial charge in [0.2, 0.25) is 0 Å². The summed E-state index contributed by atoms with van der Waals surface area (Å²) in [5.74, 6) is -0.200. The summed E-state index contributed by atoms with van der Waals surface area (Å²) in [6.45, 7) is 2.33. The number of hydrogen-bond acceptors (Lipinski definition) is 3. The molecule has 1 heterocycles. The van der Waals surface area contributed by atoms with Gasteiger partial charge in [-0.25, -0.2) is 12.4 Å². The lowest BCUT2D eigenvalue weighted by molar-refractivity contribution is 0.0954. The average Bonchev–Trinajstić information content (AvgIpc) is 3.18. The molecule has 158 valence electrons. The van der Waals surface area contributed by atoms with Crippen molar-refractivity contribution in [1.82, 2.24) is 9.29 Å². The van der Waals surface area contributed by atoms with Crippen LogP contribution in [-0.4, -0.2) is 24.8 Å². The van der Waals surface area contributed by atoms with Gasteiger partial charge in [0, 0.05) is 28.7 Å². The highest BCUT2D eigenvalue weighted by molar-refractivity contribution is 7.90. The summed E-state index contributed by atoms with van der Waals surface area (Å²) in [6.07, 6.45) is 2.14. The van der Waals surface area contributed by atoms with Crippen LogP contribution >= 0.6 is 11.6 Å². The molecule has 0 unspecified atom stereocenters. The second-order valence-corrected chi connectivity index (χ2v) is 9.59. The van der Waals surface area contributed by atoms with Crippen LogP contribution in [0, 0.1) is 6.92 Å². The summed E-state index contributed by atoms with van der Waals surface area (Å²) >= 11 is 5.94. The van der Waals surface area contributed by atoms with Crippen molar-refractivity contribution < 1.29 is 13.2 Å². The van der Waals surface area contributed by atoms with E-state index in [0.717, 1.165) is 16.5 Å². The first-order valence-electron chi connectivity index (χ1n) is 9.80. The van der Waals surface area contributed by atoms with Crippen LogP contribution in [0.1, 0.15) is 21.5 Å². The second kappa shape index (κ2) is 8.57. The van der Waals surface area contributed by atoms with Gasteiger partial charge in [0.15, 0.2) is 0 Å². The zero-order chi connectivity index (χ0) is 22.0. The van der Waals surface area contributed by atoms with Gasteiger partial charge in [-0.3, -0.25) is 4.79 Å². The van der Waals surface area contributed by atoms with E-state index in [2.05, 4.69) is 5.32 Å². The fraction of sp³-hybridized carbons (Fsp3) is 0.125. The molecule has 0 spiro atoms. The molecule has 0 fully saturated rings. The predicted octanol–water partition coefficient (Wildman–Crippen LogP) is 4.81. The summed E-state index contributed by atoms with van der Waals surface area (Å²) in [5, 5.41) is 4.21. The molecule has 1 aromatic heterocycles.